The molecule has 1 rings (SSSR count). The van der Waals surface area contributed by atoms with Gasteiger partial charge < -0.3 is 5.11 Å². The molecule has 0 aromatic heterocycles. The minimum atomic E-state index is -0.0253. The number of aliphatic hydroxyl groups is 1. The van der Waals surface area contributed by atoms with Gasteiger partial charge >= 0.3 is 0 Å². The molecule has 0 aromatic rings. The first-order valence-electron chi connectivity index (χ1n) is 3.19. The zero-order chi connectivity index (χ0) is 7.56. The molecule has 1 N–H and O–H groups in total. The van der Waals surface area contributed by atoms with E-state index in [0.29, 0.717) is 13.0 Å². The minimum absolute atomic E-state index is 0.0217. The molecule has 0 aliphatic carbocycles. The molecule has 0 radical (unpaired) electrons. The Labute approximate surface area is 59.1 Å². The van der Waals surface area contributed by atoms with Crippen LogP contribution < -0.4 is 0 Å². The van der Waals surface area contributed by atoms with Gasteiger partial charge in [0.1, 0.15) is 0 Å². The molecule has 0 bridgehead atoms. The predicted molar refractivity (Wildman–Crippen MR) is 36.5 cm³/mol. The Balaban J connectivity index is 2.52. The van der Waals surface area contributed by atoms with Gasteiger partial charge in [-0.05, 0) is 6.92 Å². The summed E-state index contributed by atoms with van der Waals surface area (Å²) in [6.45, 7) is 2.09. The number of aliphatic hydroxyl groups excluding tert-OH is 1. The van der Waals surface area contributed by atoms with E-state index < -0.39 is 0 Å². The summed E-state index contributed by atoms with van der Waals surface area (Å²) >= 11 is 0. The lowest BCUT2D eigenvalue weighted by Gasteiger charge is -2.07. The van der Waals surface area contributed by atoms with Crippen molar-refractivity contribution in [1.29, 1.82) is 0 Å². The lowest BCUT2D eigenvalue weighted by molar-refractivity contribution is -0.129. The van der Waals surface area contributed by atoms with Crippen molar-refractivity contribution in [2.24, 2.45) is 5.10 Å². The van der Waals surface area contributed by atoms with E-state index >= 15 is 0 Å². The lowest BCUT2D eigenvalue weighted by Crippen LogP contribution is -2.23. The van der Waals surface area contributed by atoms with Crippen molar-refractivity contribution in [2.45, 2.75) is 13.3 Å². The fourth-order valence-corrected chi connectivity index (χ4v) is 0.877. The van der Waals surface area contributed by atoms with Crippen LogP contribution in [0.3, 0.4) is 0 Å². The van der Waals surface area contributed by atoms with Crippen LogP contribution in [0, 0.1) is 0 Å². The van der Waals surface area contributed by atoms with Gasteiger partial charge in [-0.3, -0.25) is 4.79 Å². The van der Waals surface area contributed by atoms with Gasteiger partial charge in [-0.2, -0.15) is 5.10 Å². The maximum Gasteiger partial charge on any atom is 0.248 e. The summed E-state index contributed by atoms with van der Waals surface area (Å²) in [4.78, 5) is 10.9. The Morgan fingerprint density at radius 1 is 1.80 bits per heavy atom. The smallest absolute Gasteiger partial charge is 0.248 e. The summed E-state index contributed by atoms with van der Waals surface area (Å²) in [6, 6.07) is 0. The van der Waals surface area contributed by atoms with E-state index in [9.17, 15) is 4.79 Å². The second-order valence-electron chi connectivity index (χ2n) is 2.25. The number of β-amino-alcohol motifs (C(OH)–C–C–N with tert-alkyl or cyclic N) is 1. The monoisotopic (exact) mass is 142 g/mol. The molecule has 1 heterocycles. The number of amides is 1. The zero-order valence-corrected chi connectivity index (χ0v) is 5.87. The minimum Gasteiger partial charge on any atom is -0.394 e. The fraction of sp³-hybridized carbons (Fsp3) is 0.667. The average Bonchev–Trinajstić information content (AvgIpc) is 2.13. The van der Waals surface area contributed by atoms with Gasteiger partial charge in [0.2, 0.25) is 5.91 Å². The van der Waals surface area contributed by atoms with Gasteiger partial charge in [-0.1, -0.05) is 0 Å². The molecule has 0 saturated heterocycles. The van der Waals surface area contributed by atoms with Crippen molar-refractivity contribution < 1.29 is 9.90 Å². The number of nitrogens with zero attached hydrogens (tertiary/aromatic N) is 2. The number of rotatable bonds is 2. The third-order valence-corrected chi connectivity index (χ3v) is 1.30. The first-order valence-corrected chi connectivity index (χ1v) is 3.19. The highest BCUT2D eigenvalue weighted by molar-refractivity contribution is 6.03. The van der Waals surface area contributed by atoms with E-state index in [1.165, 1.54) is 5.01 Å². The van der Waals surface area contributed by atoms with Gasteiger partial charge in [0.15, 0.2) is 0 Å². The Bertz CT molecular complexity index is 177. The van der Waals surface area contributed by atoms with Crippen LogP contribution in [-0.4, -0.2) is 34.9 Å². The molecule has 1 amide bonds. The highest BCUT2D eigenvalue weighted by atomic mass is 16.3. The number of carbonyl (C=O) groups is 1. The van der Waals surface area contributed by atoms with Crippen molar-refractivity contribution in [2.75, 3.05) is 13.2 Å². The van der Waals surface area contributed by atoms with Crippen LogP contribution in [0.25, 0.3) is 0 Å². The molecule has 0 spiro atoms. The zero-order valence-electron chi connectivity index (χ0n) is 5.87. The summed E-state index contributed by atoms with van der Waals surface area (Å²) in [5.74, 6) is -0.0217. The first kappa shape index (κ1) is 7.21. The summed E-state index contributed by atoms with van der Waals surface area (Å²) in [5.41, 5.74) is 0.818. The van der Waals surface area contributed by atoms with E-state index in [1.807, 2.05) is 0 Å². The van der Waals surface area contributed by atoms with Gasteiger partial charge in [0.25, 0.3) is 0 Å². The van der Waals surface area contributed by atoms with Crippen LogP contribution in [0.5, 0.6) is 0 Å². The van der Waals surface area contributed by atoms with Crippen molar-refractivity contribution in [3.8, 4) is 0 Å². The normalized spacial score (nSPS) is 18.0. The maximum atomic E-state index is 10.9. The SMILES string of the molecule is CC1=NN(CCO)C(=O)C1. The molecule has 10 heavy (non-hydrogen) atoms. The van der Waals surface area contributed by atoms with Crippen molar-refractivity contribution >= 4 is 11.6 Å². The Morgan fingerprint density at radius 3 is 2.90 bits per heavy atom. The van der Waals surface area contributed by atoms with E-state index in [4.69, 9.17) is 5.11 Å². The van der Waals surface area contributed by atoms with Crippen LogP contribution in [-0.2, 0) is 4.79 Å². The Kier molecular flexibility index (Phi) is 2.01. The average molecular weight is 142 g/mol. The van der Waals surface area contributed by atoms with E-state index in [2.05, 4.69) is 5.10 Å². The molecule has 0 fully saturated rings. The van der Waals surface area contributed by atoms with Crippen molar-refractivity contribution in [1.82, 2.24) is 5.01 Å². The van der Waals surface area contributed by atoms with Gasteiger partial charge in [0, 0.05) is 5.71 Å². The third-order valence-electron chi connectivity index (χ3n) is 1.30. The lowest BCUT2D eigenvalue weighted by atomic mass is 10.3. The molecule has 1 aliphatic heterocycles. The number of hydrazone groups is 1. The van der Waals surface area contributed by atoms with Gasteiger partial charge in [-0.25, -0.2) is 5.01 Å². The maximum absolute atomic E-state index is 10.9. The summed E-state index contributed by atoms with van der Waals surface area (Å²) in [6.07, 6.45) is 0.403. The quantitative estimate of drug-likeness (QED) is 0.569. The second-order valence-corrected chi connectivity index (χ2v) is 2.25. The van der Waals surface area contributed by atoms with Gasteiger partial charge in [0.05, 0.1) is 19.6 Å². The third kappa shape index (κ3) is 1.33. The second kappa shape index (κ2) is 2.79. The van der Waals surface area contributed by atoms with Crippen LogP contribution in [0.4, 0.5) is 0 Å². The molecule has 0 saturated carbocycles. The molecule has 1 aliphatic rings. The number of hydrogen-bond acceptors (Lipinski definition) is 3. The van der Waals surface area contributed by atoms with E-state index in [0.717, 1.165) is 5.71 Å². The highest BCUT2D eigenvalue weighted by Gasteiger charge is 2.19. The van der Waals surface area contributed by atoms with Crippen LogP contribution in [0.15, 0.2) is 5.10 Å². The molecule has 0 atom stereocenters. The van der Waals surface area contributed by atoms with Crippen LogP contribution >= 0.6 is 0 Å². The van der Waals surface area contributed by atoms with Crippen molar-refractivity contribution in [3.63, 3.8) is 0 Å². The Hall–Kier alpha value is -0.900. The molecule has 4 heteroatoms. The molecular formula is C6H10N2O2. The summed E-state index contributed by atoms with van der Waals surface area (Å²) in [7, 11) is 0. The highest BCUT2D eigenvalue weighted by Crippen LogP contribution is 2.05. The van der Waals surface area contributed by atoms with E-state index in [1.54, 1.807) is 6.92 Å². The molecular weight excluding hydrogens is 132 g/mol. The topological polar surface area (TPSA) is 52.9 Å². The number of hydrogen-bond donors (Lipinski definition) is 1. The molecule has 0 unspecified atom stereocenters. The standard InChI is InChI=1S/C6H10N2O2/c1-5-4-6(10)8(7-5)2-3-9/h9H,2-4H2,1H3. The first-order chi connectivity index (χ1) is 4.74. The molecule has 0 aromatic carbocycles. The van der Waals surface area contributed by atoms with E-state index in [-0.39, 0.29) is 12.5 Å². The largest absolute Gasteiger partial charge is 0.394 e. The Morgan fingerprint density at radius 2 is 2.50 bits per heavy atom. The molecule has 56 valence electrons. The summed E-state index contributed by atoms with van der Waals surface area (Å²) in [5, 5.41) is 13.7. The molecule has 4 nitrogen and oxygen atoms in total. The number of carbonyl (C=O) groups excluding carboxylic acids is 1. The van der Waals surface area contributed by atoms with Crippen LogP contribution in [0.2, 0.25) is 0 Å². The van der Waals surface area contributed by atoms with Crippen LogP contribution in [0.1, 0.15) is 13.3 Å². The predicted octanol–water partition coefficient (Wildman–Crippen LogP) is -0.413. The van der Waals surface area contributed by atoms with Crippen molar-refractivity contribution in [3.05, 3.63) is 0 Å². The fourth-order valence-electron chi connectivity index (χ4n) is 0.877. The summed E-state index contributed by atoms with van der Waals surface area (Å²) < 4.78 is 0. The van der Waals surface area contributed by atoms with Gasteiger partial charge in [-0.15, -0.1) is 0 Å².